The van der Waals surface area contributed by atoms with Crippen LogP contribution in [0.5, 0.6) is 5.75 Å². The van der Waals surface area contributed by atoms with E-state index in [1.807, 2.05) is 66.9 Å². The van der Waals surface area contributed by atoms with Crippen LogP contribution in [0.25, 0.3) is 10.4 Å². The number of thiazole rings is 1. The van der Waals surface area contributed by atoms with Crippen molar-refractivity contribution in [2.75, 3.05) is 18.7 Å². The van der Waals surface area contributed by atoms with Gasteiger partial charge in [0, 0.05) is 6.42 Å². The lowest BCUT2D eigenvalue weighted by molar-refractivity contribution is -0.385. The molecular weight excluding hydrogens is 470 g/mol. The number of carbonyl (C=O) groups is 1. The molecule has 0 radical (unpaired) electrons. The summed E-state index contributed by atoms with van der Waals surface area (Å²) in [5.74, 6) is -0.245. The molecule has 4 rings (SSSR count). The van der Waals surface area contributed by atoms with Gasteiger partial charge in [0.05, 0.1) is 33.6 Å². The van der Waals surface area contributed by atoms with Crippen molar-refractivity contribution in [2.45, 2.75) is 11.3 Å². The minimum absolute atomic E-state index is 0.0452. The molecule has 1 aromatic heterocycles. The topological polar surface area (TPSA) is 94.4 Å². The fourth-order valence-corrected chi connectivity index (χ4v) is 5.06. The number of nitro benzene ring substituents is 1. The van der Waals surface area contributed by atoms with Crippen LogP contribution in [-0.4, -0.2) is 29.2 Å². The number of anilines is 1. The number of hydrogen-bond acceptors (Lipinski definition) is 7. The fourth-order valence-electron chi connectivity index (χ4n) is 3.49. The van der Waals surface area contributed by atoms with Crippen LogP contribution in [0.4, 0.5) is 10.8 Å². The zero-order valence-corrected chi connectivity index (χ0v) is 20.1. The van der Waals surface area contributed by atoms with Crippen LogP contribution < -0.4 is 10.1 Å². The highest BCUT2D eigenvalue weighted by Gasteiger charge is 2.25. The van der Waals surface area contributed by atoms with E-state index in [1.165, 1.54) is 42.3 Å². The van der Waals surface area contributed by atoms with Gasteiger partial charge < -0.3 is 4.74 Å². The van der Waals surface area contributed by atoms with Gasteiger partial charge in [-0.25, -0.2) is 4.98 Å². The first kappa shape index (κ1) is 23.5. The molecule has 7 nitrogen and oxygen atoms in total. The van der Waals surface area contributed by atoms with Crippen molar-refractivity contribution in [1.29, 1.82) is 0 Å². The van der Waals surface area contributed by atoms with Crippen LogP contribution in [-0.2, 0) is 6.42 Å². The Hall–Kier alpha value is -3.69. The maximum atomic E-state index is 13.1. The fraction of sp³-hybridized carbons (Fsp3) is 0.120. The number of nitrogens with zero attached hydrogens (tertiary/aromatic N) is 2. The highest BCUT2D eigenvalue weighted by Crippen LogP contribution is 2.37. The van der Waals surface area contributed by atoms with Crippen molar-refractivity contribution in [1.82, 2.24) is 4.98 Å². The summed E-state index contributed by atoms with van der Waals surface area (Å²) in [6.45, 7) is 0. The number of aromatic nitrogens is 1. The number of hydrogen-bond donors (Lipinski definition) is 1. The highest BCUT2D eigenvalue weighted by molar-refractivity contribution is 7.98. The van der Waals surface area contributed by atoms with Gasteiger partial charge in [-0.05, 0) is 23.4 Å². The Kier molecular flexibility index (Phi) is 7.24. The molecule has 0 saturated heterocycles. The van der Waals surface area contributed by atoms with Crippen LogP contribution in [0.3, 0.4) is 0 Å². The van der Waals surface area contributed by atoms with E-state index in [0.29, 0.717) is 22.2 Å². The van der Waals surface area contributed by atoms with Crippen LogP contribution >= 0.6 is 23.1 Å². The van der Waals surface area contributed by atoms with E-state index in [4.69, 9.17) is 4.74 Å². The van der Waals surface area contributed by atoms with E-state index in [2.05, 4.69) is 10.3 Å². The highest BCUT2D eigenvalue weighted by atomic mass is 32.2. The summed E-state index contributed by atoms with van der Waals surface area (Å²) in [5, 5.41) is 14.8. The molecule has 0 aliphatic carbocycles. The second kappa shape index (κ2) is 10.5. The van der Waals surface area contributed by atoms with Crippen LogP contribution in [0.2, 0.25) is 0 Å². The molecule has 0 unspecified atom stereocenters. The van der Waals surface area contributed by atoms with Gasteiger partial charge in [-0.2, -0.15) is 0 Å². The first-order valence-electron chi connectivity index (χ1n) is 10.3. The zero-order chi connectivity index (χ0) is 24.1. The van der Waals surface area contributed by atoms with Gasteiger partial charge in [0.25, 0.3) is 11.6 Å². The third-order valence-corrected chi connectivity index (χ3v) is 6.93. The molecule has 0 bridgehead atoms. The molecular formula is C25H21N3O4S2. The number of ether oxygens (including phenoxy) is 1. The SMILES string of the molecule is COc1cc([N+](=O)[O-])c(C(=O)Nc2nc(Cc3ccccc3)c(-c3ccccc3)s2)cc1SC. The Morgan fingerprint density at radius 3 is 2.41 bits per heavy atom. The molecule has 0 spiro atoms. The number of nitro groups is 1. The van der Waals surface area contributed by atoms with Gasteiger partial charge in [0.2, 0.25) is 0 Å². The Morgan fingerprint density at radius 1 is 1.12 bits per heavy atom. The molecule has 34 heavy (non-hydrogen) atoms. The van der Waals surface area contributed by atoms with E-state index in [0.717, 1.165) is 21.7 Å². The van der Waals surface area contributed by atoms with Crippen molar-refractivity contribution in [3.63, 3.8) is 0 Å². The largest absolute Gasteiger partial charge is 0.495 e. The number of amides is 1. The monoisotopic (exact) mass is 491 g/mol. The van der Waals surface area contributed by atoms with E-state index < -0.39 is 10.8 Å². The van der Waals surface area contributed by atoms with Gasteiger partial charge in [-0.3, -0.25) is 20.2 Å². The van der Waals surface area contributed by atoms with Crippen molar-refractivity contribution in [3.05, 3.63) is 99.7 Å². The summed E-state index contributed by atoms with van der Waals surface area (Å²) in [6.07, 6.45) is 2.41. The molecule has 1 N–H and O–H groups in total. The first-order valence-corrected chi connectivity index (χ1v) is 12.3. The minimum atomic E-state index is -0.593. The quantitative estimate of drug-likeness (QED) is 0.177. The maximum absolute atomic E-state index is 13.1. The maximum Gasteiger partial charge on any atom is 0.285 e. The van der Waals surface area contributed by atoms with Gasteiger partial charge in [0.1, 0.15) is 11.3 Å². The zero-order valence-electron chi connectivity index (χ0n) is 18.5. The van der Waals surface area contributed by atoms with Gasteiger partial charge in [-0.1, -0.05) is 72.0 Å². The number of rotatable bonds is 8. The molecule has 0 aliphatic heterocycles. The summed E-state index contributed by atoms with van der Waals surface area (Å²) >= 11 is 2.69. The summed E-state index contributed by atoms with van der Waals surface area (Å²) in [5.41, 5.74) is 2.55. The van der Waals surface area contributed by atoms with E-state index in [1.54, 1.807) is 0 Å². The predicted octanol–water partition coefficient (Wildman–Crippen LogP) is 6.29. The number of methoxy groups -OCH3 is 1. The average Bonchev–Trinajstić information content (AvgIpc) is 3.25. The van der Waals surface area contributed by atoms with Crippen molar-refractivity contribution in [2.24, 2.45) is 0 Å². The molecule has 0 aliphatic rings. The lowest BCUT2D eigenvalue weighted by atomic mass is 10.1. The summed E-state index contributed by atoms with van der Waals surface area (Å²) in [6, 6.07) is 22.5. The van der Waals surface area contributed by atoms with Gasteiger partial charge in [-0.15, -0.1) is 11.8 Å². The van der Waals surface area contributed by atoms with E-state index >= 15 is 0 Å². The number of nitrogens with one attached hydrogen (secondary N) is 1. The second-order valence-corrected chi connectivity index (χ2v) is 9.11. The molecule has 1 amide bonds. The summed E-state index contributed by atoms with van der Waals surface area (Å²) in [4.78, 5) is 30.4. The number of carbonyl (C=O) groups excluding carboxylic acids is 1. The molecule has 0 atom stereocenters. The lowest BCUT2D eigenvalue weighted by Crippen LogP contribution is -2.14. The molecule has 4 aromatic rings. The number of thioether (sulfide) groups is 1. The molecule has 1 heterocycles. The Balaban J connectivity index is 1.70. The Bertz CT molecular complexity index is 1330. The molecule has 172 valence electrons. The first-order chi connectivity index (χ1) is 16.5. The molecule has 0 fully saturated rings. The Labute approximate surface area is 205 Å². The second-order valence-electron chi connectivity index (χ2n) is 7.26. The third-order valence-electron chi connectivity index (χ3n) is 5.11. The average molecular weight is 492 g/mol. The van der Waals surface area contributed by atoms with Gasteiger partial charge in [0.15, 0.2) is 5.13 Å². The smallest absolute Gasteiger partial charge is 0.285 e. The van der Waals surface area contributed by atoms with E-state index in [-0.39, 0.29) is 11.3 Å². The normalized spacial score (nSPS) is 10.6. The standard InChI is InChI=1S/C25H21N3O4S2/c1-32-21-15-20(28(30)31)18(14-22(21)33-2)24(29)27-25-26-19(13-16-9-5-3-6-10-16)23(34-25)17-11-7-4-8-12-17/h3-12,14-15H,13H2,1-2H3,(H,26,27,29). The van der Waals surface area contributed by atoms with Crippen LogP contribution in [0.15, 0.2) is 77.7 Å². The minimum Gasteiger partial charge on any atom is -0.495 e. The van der Waals surface area contributed by atoms with Crippen molar-refractivity contribution >= 4 is 39.8 Å². The van der Waals surface area contributed by atoms with Crippen molar-refractivity contribution < 1.29 is 14.5 Å². The van der Waals surface area contributed by atoms with Crippen LogP contribution in [0, 0.1) is 10.1 Å². The summed E-state index contributed by atoms with van der Waals surface area (Å²) < 4.78 is 5.24. The van der Waals surface area contributed by atoms with Crippen molar-refractivity contribution in [3.8, 4) is 16.2 Å². The van der Waals surface area contributed by atoms with E-state index in [9.17, 15) is 14.9 Å². The van der Waals surface area contributed by atoms with Crippen LogP contribution in [0.1, 0.15) is 21.6 Å². The third kappa shape index (κ3) is 5.11. The lowest BCUT2D eigenvalue weighted by Gasteiger charge is -2.09. The molecule has 3 aromatic carbocycles. The Morgan fingerprint density at radius 2 is 1.79 bits per heavy atom. The predicted molar refractivity (Wildman–Crippen MR) is 136 cm³/mol. The molecule has 0 saturated carbocycles. The summed E-state index contributed by atoms with van der Waals surface area (Å²) in [7, 11) is 1.44. The van der Waals surface area contributed by atoms with Gasteiger partial charge >= 0.3 is 0 Å². The number of benzene rings is 3. The molecule has 9 heteroatoms.